The number of allylic oxidation sites excluding steroid dienone is 2. The van der Waals surface area contributed by atoms with E-state index in [-0.39, 0.29) is 18.0 Å². The van der Waals surface area contributed by atoms with Crippen LogP contribution in [0.1, 0.15) is 72.5 Å². The van der Waals surface area contributed by atoms with E-state index in [2.05, 4.69) is 66.3 Å². The Hall–Kier alpha value is -2.72. The van der Waals surface area contributed by atoms with Gasteiger partial charge in [-0.3, -0.25) is 4.79 Å². The van der Waals surface area contributed by atoms with Crippen LogP contribution in [0, 0.1) is 12.3 Å². The van der Waals surface area contributed by atoms with Crippen molar-refractivity contribution in [1.82, 2.24) is 9.97 Å². The summed E-state index contributed by atoms with van der Waals surface area (Å²) in [7, 11) is 0. The molecule has 0 radical (unpaired) electrons. The fourth-order valence-electron chi connectivity index (χ4n) is 4.80. The van der Waals surface area contributed by atoms with Crippen molar-refractivity contribution in [2.24, 2.45) is 5.41 Å². The summed E-state index contributed by atoms with van der Waals surface area (Å²) in [5.41, 5.74) is 7.51. The van der Waals surface area contributed by atoms with E-state index in [0.29, 0.717) is 17.7 Å². The number of aromatic nitrogens is 2. The second-order valence-corrected chi connectivity index (χ2v) is 9.90. The summed E-state index contributed by atoms with van der Waals surface area (Å²) in [6.07, 6.45) is 15.5. The number of fused-ring (bicyclic) bond motifs is 2. The first-order valence-corrected chi connectivity index (χ1v) is 11.3. The summed E-state index contributed by atoms with van der Waals surface area (Å²) >= 11 is 0. The molecule has 2 atom stereocenters. The van der Waals surface area contributed by atoms with Crippen LogP contribution in [0.4, 0.5) is 0 Å². The van der Waals surface area contributed by atoms with Crippen LogP contribution in [0.5, 0.6) is 0 Å². The van der Waals surface area contributed by atoms with Crippen LogP contribution >= 0.6 is 0 Å². The third-order valence-corrected chi connectivity index (χ3v) is 6.75. The third kappa shape index (κ3) is 4.22. The van der Waals surface area contributed by atoms with Crippen LogP contribution in [-0.2, 0) is 11.2 Å². The Morgan fingerprint density at radius 1 is 1.26 bits per heavy atom. The Labute approximate surface area is 184 Å². The topological polar surface area (TPSA) is 55.0 Å². The number of Topliss-reactive ketones (excluding diaryl/α,β-unsaturated/α-hetero) is 1. The smallest absolute Gasteiger partial charge is 0.202 e. The van der Waals surface area contributed by atoms with Gasteiger partial charge in [0.1, 0.15) is 0 Å². The number of hydrogen-bond donors (Lipinski definition) is 1. The normalized spacial score (nSPS) is 24.1. The van der Waals surface area contributed by atoms with Gasteiger partial charge in [-0.25, -0.2) is 4.98 Å². The van der Waals surface area contributed by atoms with Crippen molar-refractivity contribution in [1.29, 1.82) is 0 Å². The Morgan fingerprint density at radius 3 is 2.84 bits per heavy atom. The number of benzene rings is 1. The van der Waals surface area contributed by atoms with Crippen molar-refractivity contribution in [3.05, 3.63) is 76.9 Å². The Balaban J connectivity index is 1.49. The van der Waals surface area contributed by atoms with E-state index in [9.17, 15) is 4.79 Å². The van der Waals surface area contributed by atoms with E-state index in [4.69, 9.17) is 4.74 Å². The third-order valence-electron chi connectivity index (χ3n) is 6.75. The average molecular weight is 415 g/mol. The first-order chi connectivity index (χ1) is 14.9. The molecule has 0 amide bonds. The van der Waals surface area contributed by atoms with Gasteiger partial charge in [0.2, 0.25) is 5.78 Å². The number of hydrogen-bond acceptors (Lipinski definition) is 3. The highest BCUT2D eigenvalue weighted by atomic mass is 16.5. The fraction of sp³-hybridized carbons (Fsp3) is 0.407. The van der Waals surface area contributed by atoms with E-state index in [1.165, 1.54) is 28.7 Å². The van der Waals surface area contributed by atoms with E-state index >= 15 is 0 Å². The highest BCUT2D eigenvalue weighted by Gasteiger charge is 2.27. The number of nitrogens with zero attached hydrogens (tertiary/aromatic N) is 1. The van der Waals surface area contributed by atoms with Crippen LogP contribution in [0.15, 0.2) is 48.7 Å². The molecular formula is C27H30N2O2. The summed E-state index contributed by atoms with van der Waals surface area (Å²) in [5, 5.41) is 0. The molecule has 0 saturated carbocycles. The molecule has 3 heterocycles. The predicted molar refractivity (Wildman–Crippen MR) is 124 cm³/mol. The van der Waals surface area contributed by atoms with E-state index in [0.717, 1.165) is 30.5 Å². The zero-order chi connectivity index (χ0) is 21.6. The fourth-order valence-corrected chi connectivity index (χ4v) is 4.80. The molecule has 1 aromatic carbocycles. The minimum absolute atomic E-state index is 0.0337. The highest BCUT2D eigenvalue weighted by molar-refractivity contribution is 5.95. The second-order valence-electron chi connectivity index (χ2n) is 9.90. The number of ether oxygens (including phenoxy) is 1. The molecule has 0 fully saturated rings. The standard InChI is InChI=1S/C27H30N2O2/c1-17-16-28-26(29-17)25(30)15-20-5-4-19(21-12-22-6-7-23(13-21)31-22)14-24(20)18-8-10-27(2,3)11-9-18/h4-8,12,14,16,22-23H,9-11,13,15H2,1-3H3,(H,28,29)/t22-,23+/m0/s1. The lowest BCUT2D eigenvalue weighted by Gasteiger charge is -2.30. The van der Waals surface area contributed by atoms with Crippen LogP contribution in [0.2, 0.25) is 0 Å². The largest absolute Gasteiger partial charge is 0.362 e. The molecule has 1 aromatic heterocycles. The van der Waals surface area contributed by atoms with E-state index in [1.807, 2.05) is 6.92 Å². The molecule has 3 aliphatic rings. The lowest BCUT2D eigenvalue weighted by molar-refractivity contribution is 0.0829. The number of rotatable bonds is 5. The summed E-state index contributed by atoms with van der Waals surface area (Å²) < 4.78 is 5.89. The minimum Gasteiger partial charge on any atom is -0.362 e. The maximum absolute atomic E-state index is 12.9. The molecule has 2 aromatic rings. The van der Waals surface area contributed by atoms with Crippen LogP contribution < -0.4 is 0 Å². The Bertz CT molecular complexity index is 1120. The van der Waals surface area contributed by atoms with Gasteiger partial charge in [-0.05, 0) is 71.6 Å². The van der Waals surface area contributed by atoms with Crippen molar-refractivity contribution in [3.63, 3.8) is 0 Å². The number of imidazole rings is 1. The van der Waals surface area contributed by atoms with Gasteiger partial charge in [0.15, 0.2) is 5.82 Å². The molecule has 4 heteroatoms. The lowest BCUT2D eigenvalue weighted by Crippen LogP contribution is -2.17. The highest BCUT2D eigenvalue weighted by Crippen LogP contribution is 2.40. The van der Waals surface area contributed by atoms with Gasteiger partial charge in [-0.1, -0.05) is 44.2 Å². The van der Waals surface area contributed by atoms with Crippen LogP contribution in [-0.4, -0.2) is 28.0 Å². The molecule has 0 saturated heterocycles. The molecule has 5 rings (SSSR count). The quantitative estimate of drug-likeness (QED) is 0.493. The number of aromatic amines is 1. The summed E-state index contributed by atoms with van der Waals surface area (Å²) in [5.74, 6) is 0.479. The zero-order valence-corrected chi connectivity index (χ0v) is 18.6. The molecule has 1 aliphatic carbocycles. The molecule has 31 heavy (non-hydrogen) atoms. The van der Waals surface area contributed by atoms with Crippen molar-refractivity contribution in [3.8, 4) is 0 Å². The maximum Gasteiger partial charge on any atom is 0.202 e. The predicted octanol–water partition coefficient (Wildman–Crippen LogP) is 5.85. The van der Waals surface area contributed by atoms with Crippen molar-refractivity contribution in [2.45, 2.75) is 65.1 Å². The molecule has 1 N–H and O–H groups in total. The first kappa shape index (κ1) is 20.2. The molecule has 4 nitrogen and oxygen atoms in total. The second kappa shape index (κ2) is 7.76. The van der Waals surface area contributed by atoms with Gasteiger partial charge in [-0.2, -0.15) is 0 Å². The number of ketones is 1. The van der Waals surface area contributed by atoms with Crippen LogP contribution in [0.25, 0.3) is 11.1 Å². The van der Waals surface area contributed by atoms with E-state index in [1.54, 1.807) is 6.20 Å². The Kier molecular flexibility index (Phi) is 5.05. The van der Waals surface area contributed by atoms with Gasteiger partial charge in [-0.15, -0.1) is 0 Å². The molecule has 0 spiro atoms. The molecule has 2 aliphatic heterocycles. The molecule has 2 bridgehead atoms. The first-order valence-electron chi connectivity index (χ1n) is 11.3. The lowest BCUT2D eigenvalue weighted by atomic mass is 9.76. The van der Waals surface area contributed by atoms with E-state index < -0.39 is 0 Å². The van der Waals surface area contributed by atoms with Gasteiger partial charge >= 0.3 is 0 Å². The van der Waals surface area contributed by atoms with Gasteiger partial charge in [0, 0.05) is 24.7 Å². The summed E-state index contributed by atoms with van der Waals surface area (Å²) in [4.78, 5) is 20.2. The van der Waals surface area contributed by atoms with Gasteiger partial charge < -0.3 is 9.72 Å². The number of carbonyl (C=O) groups excluding carboxylic acids is 1. The number of carbonyl (C=O) groups is 1. The van der Waals surface area contributed by atoms with Crippen LogP contribution in [0.3, 0.4) is 0 Å². The SMILES string of the molecule is Cc1cnc(C(=O)Cc2ccc(C3=C[C@@H]4C=C[C@H](C3)O4)cc2C2=CCC(C)(C)CC2)[nH]1. The average Bonchev–Trinajstić information content (AvgIpc) is 3.33. The Morgan fingerprint density at radius 2 is 2.13 bits per heavy atom. The van der Waals surface area contributed by atoms with Gasteiger partial charge in [0.05, 0.1) is 12.2 Å². The number of aryl methyl sites for hydroxylation is 1. The molecular weight excluding hydrogens is 384 g/mol. The number of H-pyrrole nitrogens is 1. The maximum atomic E-state index is 12.9. The summed E-state index contributed by atoms with van der Waals surface area (Å²) in [6, 6.07) is 6.62. The van der Waals surface area contributed by atoms with Gasteiger partial charge in [0.25, 0.3) is 0 Å². The zero-order valence-electron chi connectivity index (χ0n) is 18.6. The van der Waals surface area contributed by atoms with Crippen molar-refractivity contribution < 1.29 is 9.53 Å². The monoisotopic (exact) mass is 414 g/mol. The molecule has 160 valence electrons. The summed E-state index contributed by atoms with van der Waals surface area (Å²) in [6.45, 7) is 6.58. The number of nitrogens with one attached hydrogen (secondary N) is 1. The van der Waals surface area contributed by atoms with Crippen molar-refractivity contribution >= 4 is 16.9 Å². The molecule has 0 unspecified atom stereocenters. The minimum atomic E-state index is 0.0337. The van der Waals surface area contributed by atoms with Crippen molar-refractivity contribution in [2.75, 3.05) is 0 Å².